The van der Waals surface area contributed by atoms with Crippen molar-refractivity contribution in [1.29, 1.82) is 0 Å². The zero-order chi connectivity index (χ0) is 94.0. The van der Waals surface area contributed by atoms with Crippen molar-refractivity contribution in [3.05, 3.63) is 530 Å². The van der Waals surface area contributed by atoms with Crippen LogP contribution >= 0.6 is 0 Å². The molecule has 20 aromatic carbocycles. The van der Waals surface area contributed by atoms with Gasteiger partial charge in [0.25, 0.3) is 0 Å². The monoisotopic (exact) mass is 1760 g/mol. The Bertz CT molecular complexity index is 7070. The summed E-state index contributed by atoms with van der Waals surface area (Å²) in [4.78, 5) is 18.2. The average molecular weight is 1770 g/mol. The normalized spacial score (nSPS) is 10.8. The molecule has 0 aliphatic heterocycles. The van der Waals surface area contributed by atoms with Crippen molar-refractivity contribution in [1.82, 2.24) is 0 Å². The van der Waals surface area contributed by atoms with Crippen LogP contribution in [-0.2, 0) is 0 Å². The number of hydrogen-bond acceptors (Lipinski definition) is 8. The third-order valence-corrected chi connectivity index (χ3v) is 25.3. The van der Waals surface area contributed by atoms with Gasteiger partial charge in [-0.1, -0.05) is 293 Å². The Morgan fingerprint density at radius 1 is 0.125 bits per heavy atom. The summed E-state index contributed by atoms with van der Waals surface area (Å²) in [6.45, 7) is 17.0. The van der Waals surface area contributed by atoms with E-state index < -0.39 is 0 Å². The van der Waals surface area contributed by atoms with Crippen LogP contribution in [0.2, 0.25) is 0 Å². The van der Waals surface area contributed by atoms with Crippen LogP contribution in [0.15, 0.2) is 485 Å². The molecule has 668 valence electrons. The van der Waals surface area contributed by atoms with Crippen molar-refractivity contribution in [2.24, 2.45) is 0 Å². The average Bonchev–Trinajstić information content (AvgIpc) is 0.867. The summed E-state index contributed by atoms with van der Waals surface area (Å²) in [5, 5.41) is 5.02. The fraction of sp³-hybridized carbons (Fsp3) is 0.0938. The molecule has 136 heavy (non-hydrogen) atoms. The summed E-state index contributed by atoms with van der Waals surface area (Å²) in [5.41, 5.74) is 38.0. The van der Waals surface area contributed by atoms with Gasteiger partial charge in [0.15, 0.2) is 0 Å². The zero-order valence-electron chi connectivity index (χ0n) is 79.8. The Labute approximate surface area is 804 Å². The zero-order valence-corrected chi connectivity index (χ0v) is 79.8. The lowest BCUT2D eigenvalue weighted by Crippen LogP contribution is -2.12. The first-order valence-electron chi connectivity index (χ1n) is 46.7. The van der Waals surface area contributed by atoms with Crippen molar-refractivity contribution in [3.8, 4) is 22.3 Å². The van der Waals surface area contributed by atoms with Gasteiger partial charge in [-0.15, -0.1) is 0 Å². The second kappa shape index (κ2) is 42.7. The number of fused-ring (bicyclic) bond motifs is 2. The van der Waals surface area contributed by atoms with Gasteiger partial charge in [0.1, 0.15) is 0 Å². The summed E-state index contributed by atoms with van der Waals surface area (Å²) in [5.74, 6) is 0. The molecule has 8 heteroatoms. The molecular formula is C128H116N8. The van der Waals surface area contributed by atoms with Gasteiger partial charge in [-0.25, -0.2) is 0 Å². The van der Waals surface area contributed by atoms with Crippen molar-refractivity contribution in [3.63, 3.8) is 0 Å². The highest BCUT2D eigenvalue weighted by molar-refractivity contribution is 5.97. The summed E-state index contributed by atoms with van der Waals surface area (Å²) in [7, 11) is 8.49. The molecular weight excluding hydrogens is 1650 g/mol. The lowest BCUT2D eigenvalue weighted by Gasteiger charge is -2.27. The molecule has 0 fully saturated rings. The van der Waals surface area contributed by atoms with E-state index >= 15 is 0 Å². The number of benzene rings is 20. The minimum Gasteiger partial charge on any atom is -0.345 e. The third-order valence-electron chi connectivity index (χ3n) is 25.3. The van der Waals surface area contributed by atoms with Gasteiger partial charge >= 0.3 is 0 Å². The standard InChI is InChI=1S/2C33H30N2.2C31H28N2/c1-25-12-16-30(17-13-25)35(31-18-14-26(2)15-19-31)32-22-20-29(21-23-32)34(3)33-11-7-10-28(24-33)27-8-5-4-6-9-27;1-25-9-15-31(16-10-25)35(32-17-11-26(2)12-18-32)33-23-21-30(22-24-33)34(3)29-19-13-28(14-20-29)27-7-5-4-6-8-27;1-23-11-15-27(16-12-23)33(28-17-13-24(2)14-18-28)29-21-19-26(20-22-29)32(3)31-10-6-8-25-7-4-5-9-30(25)31;1-23-8-13-28(14-9-23)33(29-15-10-24(2)11-16-29)30-20-18-27(19-21-30)32(3)31-17-12-25-6-4-5-7-26(25)22-31/h2*4-24H,1-3H3;2*4-22H,1-3H3. The fourth-order valence-corrected chi connectivity index (χ4v) is 17.1. The Hall–Kier alpha value is -16.7. The first-order chi connectivity index (χ1) is 66.3. The molecule has 20 aromatic rings. The largest absolute Gasteiger partial charge is 0.345 e. The van der Waals surface area contributed by atoms with Crippen LogP contribution in [0.4, 0.5) is 114 Å². The molecule has 0 N–H and O–H groups in total. The molecule has 0 saturated carbocycles. The third kappa shape index (κ3) is 22.0. The maximum Gasteiger partial charge on any atom is 0.0487 e. The van der Waals surface area contributed by atoms with Crippen LogP contribution < -0.4 is 39.2 Å². The van der Waals surface area contributed by atoms with Crippen LogP contribution in [-0.4, -0.2) is 28.2 Å². The topological polar surface area (TPSA) is 25.9 Å². The van der Waals surface area contributed by atoms with Gasteiger partial charge in [-0.2, -0.15) is 0 Å². The molecule has 0 spiro atoms. The van der Waals surface area contributed by atoms with Gasteiger partial charge in [-0.3, -0.25) is 0 Å². The van der Waals surface area contributed by atoms with E-state index in [1.165, 1.54) is 99.7 Å². The van der Waals surface area contributed by atoms with E-state index in [-0.39, 0.29) is 0 Å². The maximum atomic E-state index is 2.31. The highest BCUT2D eigenvalue weighted by atomic mass is 15.2. The number of hydrogen-bond donors (Lipinski definition) is 0. The van der Waals surface area contributed by atoms with Gasteiger partial charge in [0, 0.05) is 147 Å². The number of anilines is 20. The first kappa shape index (κ1) is 91.2. The molecule has 0 saturated heterocycles. The summed E-state index contributed by atoms with van der Waals surface area (Å²) in [6.07, 6.45) is 0. The number of nitrogens with zero attached hydrogens (tertiary/aromatic N) is 8. The van der Waals surface area contributed by atoms with E-state index in [0.717, 1.165) is 102 Å². The highest BCUT2D eigenvalue weighted by Gasteiger charge is 2.21. The van der Waals surface area contributed by atoms with Crippen LogP contribution in [0, 0.1) is 55.4 Å². The van der Waals surface area contributed by atoms with Crippen LogP contribution in [0.5, 0.6) is 0 Å². The van der Waals surface area contributed by atoms with Crippen molar-refractivity contribution >= 4 is 135 Å². The molecule has 0 radical (unpaired) electrons. The molecule has 0 aromatic heterocycles. The van der Waals surface area contributed by atoms with Crippen molar-refractivity contribution in [2.45, 2.75) is 55.4 Å². The molecule has 0 amide bonds. The number of rotatable bonds is 22. The van der Waals surface area contributed by atoms with E-state index in [0.29, 0.717) is 0 Å². The molecule has 8 nitrogen and oxygen atoms in total. The first-order valence-corrected chi connectivity index (χ1v) is 46.7. The molecule has 0 aliphatic rings. The fourth-order valence-electron chi connectivity index (χ4n) is 17.1. The van der Waals surface area contributed by atoms with E-state index in [2.05, 4.69) is 602 Å². The van der Waals surface area contributed by atoms with E-state index in [1.54, 1.807) is 0 Å². The molecule has 0 atom stereocenters. The summed E-state index contributed by atoms with van der Waals surface area (Å²) < 4.78 is 0. The lowest BCUT2D eigenvalue weighted by atomic mass is 10.0. The van der Waals surface area contributed by atoms with Crippen molar-refractivity contribution in [2.75, 3.05) is 67.4 Å². The number of aryl methyl sites for hydroxylation is 8. The minimum atomic E-state index is 1.13. The molecule has 0 unspecified atom stereocenters. The smallest absolute Gasteiger partial charge is 0.0487 e. The second-order valence-corrected chi connectivity index (χ2v) is 35.2. The SMILES string of the molecule is Cc1ccc(N(c2ccc(C)cc2)c2ccc(N(C)c3ccc(-c4ccccc4)cc3)cc2)cc1.Cc1ccc(N(c2ccc(C)cc2)c2ccc(N(C)c3ccc4ccccc4c3)cc2)cc1.Cc1ccc(N(c2ccc(C)cc2)c2ccc(N(C)c3cccc(-c4ccccc4)c3)cc2)cc1.Cc1ccc(N(c2ccc(C)cc2)c2ccc(N(C)c3cccc4ccccc34)cc2)cc1. The minimum absolute atomic E-state index is 1.13. The second-order valence-electron chi connectivity index (χ2n) is 35.2. The van der Waals surface area contributed by atoms with Gasteiger partial charge in [-0.05, 0) is 330 Å². The Kier molecular flexibility index (Phi) is 28.6. The molecule has 20 rings (SSSR count). The highest BCUT2D eigenvalue weighted by Crippen LogP contribution is 2.44. The summed E-state index contributed by atoms with van der Waals surface area (Å²) >= 11 is 0. The summed E-state index contributed by atoms with van der Waals surface area (Å²) in [6, 6.07) is 173. The molecule has 0 heterocycles. The van der Waals surface area contributed by atoms with Crippen LogP contribution in [0.3, 0.4) is 0 Å². The van der Waals surface area contributed by atoms with Crippen molar-refractivity contribution < 1.29 is 0 Å². The van der Waals surface area contributed by atoms with E-state index in [4.69, 9.17) is 0 Å². The van der Waals surface area contributed by atoms with Crippen LogP contribution in [0.1, 0.15) is 44.5 Å². The molecule has 0 bridgehead atoms. The Balaban J connectivity index is 0.000000126. The Morgan fingerprint density at radius 2 is 0.331 bits per heavy atom. The lowest BCUT2D eigenvalue weighted by molar-refractivity contribution is 1.20. The van der Waals surface area contributed by atoms with Crippen LogP contribution in [0.25, 0.3) is 43.8 Å². The predicted octanol–water partition coefficient (Wildman–Crippen LogP) is 35.8. The Morgan fingerprint density at radius 3 is 0.654 bits per heavy atom. The van der Waals surface area contributed by atoms with E-state index in [9.17, 15) is 0 Å². The molecule has 0 aliphatic carbocycles. The van der Waals surface area contributed by atoms with Gasteiger partial charge in [0.2, 0.25) is 0 Å². The maximum absolute atomic E-state index is 2.31. The van der Waals surface area contributed by atoms with Gasteiger partial charge < -0.3 is 39.2 Å². The van der Waals surface area contributed by atoms with Gasteiger partial charge in [0.05, 0.1) is 0 Å². The van der Waals surface area contributed by atoms with E-state index in [1.807, 2.05) is 6.07 Å². The quantitative estimate of drug-likeness (QED) is 0.0662. The predicted molar refractivity (Wildman–Crippen MR) is 586 cm³/mol.